The molecule has 9 nitrogen and oxygen atoms in total. The molecule has 0 aromatic heterocycles. The molecule has 0 N–H and O–H groups in total. The first kappa shape index (κ1) is 36.3. The van der Waals surface area contributed by atoms with Gasteiger partial charge in [-0.3, -0.25) is 0 Å². The SMILES string of the molecule is B.O=[Si]([O-])[O-].O=[Si]([O-])[O-].O=[Si]([O-])[O-].[Al+3].[Al+3]. The standard InChI is InChI=1S/2Al.BH3.3O3Si/c;;;3*1-4(2)3/h;;1H3;;;/q2*+3;;3*-2. The van der Waals surface area contributed by atoms with Gasteiger partial charge in [0.1, 0.15) is 0 Å². The molecule has 0 fully saturated rings. The van der Waals surface area contributed by atoms with Gasteiger partial charge in [-0.25, -0.2) is 0 Å². The predicted octanol–water partition coefficient (Wildman–Crippen LogP) is -10.6. The van der Waals surface area contributed by atoms with Crippen LogP contribution in [0, 0.1) is 0 Å². The molecule has 0 heterocycles. The monoisotopic (exact) mass is 296 g/mol. The fourth-order valence-electron chi connectivity index (χ4n) is 0. The average molecular weight is 296 g/mol. The summed E-state index contributed by atoms with van der Waals surface area (Å²) in [6, 6.07) is 0. The van der Waals surface area contributed by atoms with Gasteiger partial charge in [0.15, 0.2) is 0 Å². The van der Waals surface area contributed by atoms with Crippen LogP contribution < -0.4 is 28.8 Å². The molecule has 0 aliphatic heterocycles. The van der Waals surface area contributed by atoms with E-state index in [1.807, 2.05) is 0 Å². The zero-order valence-corrected chi connectivity index (χ0v) is 11.6. The van der Waals surface area contributed by atoms with E-state index in [0.29, 0.717) is 0 Å². The summed E-state index contributed by atoms with van der Waals surface area (Å²) in [6.45, 7) is 0. The summed E-state index contributed by atoms with van der Waals surface area (Å²) < 4.78 is 25.6. The van der Waals surface area contributed by atoms with Crippen molar-refractivity contribution in [2.24, 2.45) is 0 Å². The molecule has 0 aromatic carbocycles. The molecule has 15 heteroatoms. The summed E-state index contributed by atoms with van der Waals surface area (Å²) in [6.07, 6.45) is 0. The maximum absolute atomic E-state index is 8.52. The molecule has 0 spiro atoms. The molecule has 0 radical (unpaired) electrons. The van der Waals surface area contributed by atoms with Gasteiger partial charge in [-0.15, -0.1) is 0 Å². The van der Waals surface area contributed by atoms with Crippen molar-refractivity contribution in [3.8, 4) is 0 Å². The first-order valence-electron chi connectivity index (χ1n) is 1.84. The summed E-state index contributed by atoms with van der Waals surface area (Å²) in [7, 11) is -10.9. The Morgan fingerprint density at radius 1 is 0.533 bits per heavy atom. The Morgan fingerprint density at radius 3 is 0.533 bits per heavy atom. The van der Waals surface area contributed by atoms with Crippen LogP contribution in [0.2, 0.25) is 0 Å². The van der Waals surface area contributed by atoms with E-state index in [1.165, 1.54) is 0 Å². The van der Waals surface area contributed by atoms with Gasteiger partial charge in [0.05, 0.1) is 8.41 Å². The van der Waals surface area contributed by atoms with E-state index in [1.54, 1.807) is 0 Å². The molecule has 0 amide bonds. The van der Waals surface area contributed by atoms with Crippen LogP contribution in [0.5, 0.6) is 0 Å². The first-order chi connectivity index (χ1) is 5.20. The molecule has 78 valence electrons. The first-order valence-corrected chi connectivity index (χ1v) is 5.51. The minimum Gasteiger partial charge on any atom is -0.672 e. The van der Waals surface area contributed by atoms with Crippen LogP contribution in [-0.4, -0.2) is 70.6 Å². The molecule has 0 atom stereocenters. The molecule has 0 saturated carbocycles. The maximum Gasteiger partial charge on any atom is 3.00 e. The van der Waals surface area contributed by atoms with Crippen molar-refractivity contribution in [2.45, 2.75) is 0 Å². The van der Waals surface area contributed by atoms with E-state index >= 15 is 0 Å². The molecule has 0 bridgehead atoms. The molecule has 0 unspecified atom stereocenters. The van der Waals surface area contributed by atoms with Crippen molar-refractivity contribution in [3.63, 3.8) is 0 Å². The minimum atomic E-state index is -3.63. The zero-order valence-electron chi connectivity index (χ0n) is 6.33. The minimum absolute atomic E-state index is 0. The Hall–Kier alpha value is -0.0195. The summed E-state index contributed by atoms with van der Waals surface area (Å²) in [5.41, 5.74) is 0. The molecular formula is H3Al2BO9Si3. The molecule has 0 aromatic rings. The Labute approximate surface area is 113 Å². The number of rotatable bonds is 0. The van der Waals surface area contributed by atoms with E-state index < -0.39 is 27.5 Å². The average Bonchev–Trinajstić information content (AvgIpc) is 1.54. The van der Waals surface area contributed by atoms with Gasteiger partial charge in [-0.2, -0.15) is 0 Å². The van der Waals surface area contributed by atoms with Gasteiger partial charge >= 0.3 is 34.7 Å². The second-order valence-electron chi connectivity index (χ2n) is 0.750. The molecule has 0 rings (SSSR count). The molecule has 0 aliphatic rings. The van der Waals surface area contributed by atoms with Gasteiger partial charge in [0, 0.05) is 27.5 Å². The largest absolute Gasteiger partial charge is 3.00 e. The van der Waals surface area contributed by atoms with E-state index in [-0.39, 0.29) is 43.1 Å². The number of hydrogen-bond donors (Lipinski definition) is 0. The third kappa shape index (κ3) is 5290000. The van der Waals surface area contributed by atoms with E-state index in [9.17, 15) is 0 Å². The van der Waals surface area contributed by atoms with Crippen molar-refractivity contribution < 1.29 is 42.2 Å². The molecule has 0 saturated heterocycles. The Kier molecular flexibility index (Phi) is 70.7. The van der Waals surface area contributed by atoms with Crippen LogP contribution in [0.1, 0.15) is 0 Å². The van der Waals surface area contributed by atoms with Gasteiger partial charge in [0.2, 0.25) is 0 Å². The Bertz CT molecular complexity index is 121. The van der Waals surface area contributed by atoms with Crippen molar-refractivity contribution >= 4 is 70.6 Å². The molecule has 15 heavy (non-hydrogen) atoms. The normalized spacial score (nSPS) is 4.80. The van der Waals surface area contributed by atoms with Crippen molar-refractivity contribution in [3.05, 3.63) is 0 Å². The van der Waals surface area contributed by atoms with Gasteiger partial charge in [0.25, 0.3) is 0 Å². The quantitative estimate of drug-likeness (QED) is 0.390. The predicted molar refractivity (Wildman–Crippen MR) is 40.8 cm³/mol. The van der Waals surface area contributed by atoms with E-state index in [2.05, 4.69) is 0 Å². The smallest absolute Gasteiger partial charge is 0.672 e. The Morgan fingerprint density at radius 2 is 0.533 bits per heavy atom. The van der Waals surface area contributed by atoms with Crippen LogP contribution in [0.3, 0.4) is 0 Å². The van der Waals surface area contributed by atoms with Crippen molar-refractivity contribution in [1.29, 1.82) is 0 Å². The number of hydrogen-bond acceptors (Lipinski definition) is 9. The van der Waals surface area contributed by atoms with Crippen LogP contribution in [0.4, 0.5) is 0 Å². The molecule has 0 aliphatic carbocycles. The fourth-order valence-corrected chi connectivity index (χ4v) is 0. The van der Waals surface area contributed by atoms with Crippen LogP contribution in [0.15, 0.2) is 0 Å². The third-order valence-electron chi connectivity index (χ3n) is 0. The van der Waals surface area contributed by atoms with E-state index in [0.717, 1.165) is 0 Å². The Balaban J connectivity index is -0.0000000184. The summed E-state index contributed by atoms with van der Waals surface area (Å²) >= 11 is 0. The summed E-state index contributed by atoms with van der Waals surface area (Å²) in [4.78, 5) is 51.1. The van der Waals surface area contributed by atoms with Crippen LogP contribution in [0.25, 0.3) is 0 Å². The second-order valence-corrected chi connectivity index (χ2v) is 2.25. The van der Waals surface area contributed by atoms with E-state index in [4.69, 9.17) is 42.2 Å². The maximum atomic E-state index is 8.52. The topological polar surface area (TPSA) is 190 Å². The van der Waals surface area contributed by atoms with Crippen molar-refractivity contribution in [2.75, 3.05) is 0 Å². The zero-order chi connectivity index (χ0) is 10.7. The van der Waals surface area contributed by atoms with Crippen LogP contribution >= 0.6 is 0 Å². The summed E-state index contributed by atoms with van der Waals surface area (Å²) in [5.74, 6) is 0. The van der Waals surface area contributed by atoms with Crippen molar-refractivity contribution in [1.82, 2.24) is 0 Å². The molecular weight excluding hydrogens is 293 g/mol. The second kappa shape index (κ2) is 29.2. The third-order valence-corrected chi connectivity index (χ3v) is 0. The summed E-state index contributed by atoms with van der Waals surface area (Å²) in [5, 5.41) is 0. The van der Waals surface area contributed by atoms with Gasteiger partial charge in [-0.1, -0.05) is 0 Å². The fraction of sp³-hybridized carbons (Fsp3) is 0. The van der Waals surface area contributed by atoms with Crippen LogP contribution in [-0.2, 0) is 13.4 Å². The van der Waals surface area contributed by atoms with Gasteiger partial charge < -0.3 is 42.2 Å². The van der Waals surface area contributed by atoms with Gasteiger partial charge in [-0.05, 0) is 0 Å².